The molecule has 1 aliphatic rings. The van der Waals surface area contributed by atoms with Gasteiger partial charge in [0.05, 0.1) is 43.3 Å². The first kappa shape index (κ1) is 25.4. The van der Waals surface area contributed by atoms with Gasteiger partial charge in [0.2, 0.25) is 0 Å². The van der Waals surface area contributed by atoms with Gasteiger partial charge in [0.15, 0.2) is 21.3 Å². The number of nitrogens with one attached hydrogen (secondary N) is 1. The molecule has 34 heavy (non-hydrogen) atoms. The van der Waals surface area contributed by atoms with Gasteiger partial charge in [-0.3, -0.25) is 19.8 Å². The third kappa shape index (κ3) is 6.01. The summed E-state index contributed by atoms with van der Waals surface area (Å²) in [7, 11) is -0.674. The number of hydrogen-bond donors (Lipinski definition) is 1. The highest BCUT2D eigenvalue weighted by molar-refractivity contribution is 7.90. The number of carbonyl (C=O) groups is 1. The molecule has 1 N–H and O–H groups in total. The molecule has 2 aromatic rings. The fraction of sp³-hybridized carbons (Fsp3) is 0.409. The number of sulfone groups is 1. The van der Waals surface area contributed by atoms with E-state index in [0.717, 1.165) is 30.0 Å². The molecule has 3 rings (SSSR count). The third-order valence-electron chi connectivity index (χ3n) is 5.53. The van der Waals surface area contributed by atoms with Crippen molar-refractivity contribution in [1.29, 1.82) is 0 Å². The number of nitro benzene ring substituents is 1. The maximum atomic E-state index is 12.9. The first-order valence-electron chi connectivity index (χ1n) is 10.5. The quantitative estimate of drug-likeness (QED) is 0.409. The number of methoxy groups -OCH3 is 2. The summed E-state index contributed by atoms with van der Waals surface area (Å²) in [5.74, 6) is 0.495. The van der Waals surface area contributed by atoms with Gasteiger partial charge in [-0.1, -0.05) is 6.07 Å². The molecule has 0 spiro atoms. The molecule has 1 aliphatic heterocycles. The van der Waals surface area contributed by atoms with E-state index in [0.29, 0.717) is 37.8 Å². The molecular weight excluding hydrogens is 466 g/mol. The molecule has 0 aliphatic carbocycles. The lowest BCUT2D eigenvalue weighted by Crippen LogP contribution is -2.43. The first-order valence-corrected chi connectivity index (χ1v) is 12.3. The van der Waals surface area contributed by atoms with Crippen LogP contribution in [0.1, 0.15) is 22.0 Å². The molecular formula is C22H27N3O8S. The average Bonchev–Trinajstić information content (AvgIpc) is 2.83. The van der Waals surface area contributed by atoms with Gasteiger partial charge >= 0.3 is 0 Å². The SMILES string of the molecule is COc1ccc(C(CNC(=O)c2cc([N+](=O)[O-])cc(S(C)(=O)=O)c2)N2CCOCC2)cc1OC. The van der Waals surface area contributed by atoms with Gasteiger partial charge in [0, 0.05) is 43.6 Å². The topological polar surface area (TPSA) is 137 Å². The highest BCUT2D eigenvalue weighted by Crippen LogP contribution is 2.32. The Balaban J connectivity index is 1.89. The fourth-order valence-electron chi connectivity index (χ4n) is 3.73. The van der Waals surface area contributed by atoms with Crippen LogP contribution in [0.3, 0.4) is 0 Å². The second-order valence-electron chi connectivity index (χ2n) is 7.73. The van der Waals surface area contributed by atoms with Gasteiger partial charge in [-0.25, -0.2) is 8.42 Å². The summed E-state index contributed by atoms with van der Waals surface area (Å²) in [6.45, 7) is 2.54. The van der Waals surface area contributed by atoms with E-state index in [1.54, 1.807) is 13.2 Å². The van der Waals surface area contributed by atoms with Gasteiger partial charge in [-0.2, -0.15) is 0 Å². The van der Waals surface area contributed by atoms with Crippen molar-refractivity contribution in [3.05, 3.63) is 57.6 Å². The van der Waals surface area contributed by atoms with Crippen LogP contribution in [-0.4, -0.2) is 77.5 Å². The minimum Gasteiger partial charge on any atom is -0.493 e. The maximum Gasteiger partial charge on any atom is 0.271 e. The molecule has 1 unspecified atom stereocenters. The predicted molar refractivity (Wildman–Crippen MR) is 123 cm³/mol. The van der Waals surface area contributed by atoms with E-state index < -0.39 is 26.4 Å². The lowest BCUT2D eigenvalue weighted by Gasteiger charge is -2.35. The molecule has 1 heterocycles. The number of hydrogen-bond acceptors (Lipinski definition) is 9. The number of morpholine rings is 1. The number of ether oxygens (including phenoxy) is 3. The summed E-state index contributed by atoms with van der Waals surface area (Å²) in [4.78, 5) is 25.3. The van der Waals surface area contributed by atoms with Crippen LogP contribution in [0.4, 0.5) is 5.69 Å². The van der Waals surface area contributed by atoms with Gasteiger partial charge < -0.3 is 19.5 Å². The third-order valence-corrected chi connectivity index (χ3v) is 6.62. The summed E-state index contributed by atoms with van der Waals surface area (Å²) in [5.41, 5.74) is 0.288. The molecule has 1 amide bonds. The average molecular weight is 494 g/mol. The van der Waals surface area contributed by atoms with Crippen LogP contribution < -0.4 is 14.8 Å². The van der Waals surface area contributed by atoms with E-state index in [-0.39, 0.29) is 23.0 Å². The Labute approximate surface area is 197 Å². The minimum atomic E-state index is -3.75. The summed E-state index contributed by atoms with van der Waals surface area (Å²) in [6.07, 6.45) is 0.930. The van der Waals surface area contributed by atoms with Crippen LogP contribution in [0.2, 0.25) is 0 Å². The molecule has 0 bridgehead atoms. The Morgan fingerprint density at radius 3 is 2.41 bits per heavy atom. The lowest BCUT2D eigenvalue weighted by atomic mass is 10.0. The van der Waals surface area contributed by atoms with Crippen LogP contribution in [0.25, 0.3) is 0 Å². The van der Waals surface area contributed by atoms with Crippen molar-refractivity contribution in [2.75, 3.05) is 53.3 Å². The highest BCUT2D eigenvalue weighted by Gasteiger charge is 2.25. The van der Waals surface area contributed by atoms with E-state index in [1.807, 2.05) is 12.1 Å². The zero-order valence-electron chi connectivity index (χ0n) is 19.1. The van der Waals surface area contributed by atoms with Crippen molar-refractivity contribution in [3.8, 4) is 11.5 Å². The first-order chi connectivity index (χ1) is 16.1. The molecule has 1 saturated heterocycles. The van der Waals surface area contributed by atoms with Crippen LogP contribution in [0.5, 0.6) is 11.5 Å². The number of nitrogens with zero attached hydrogens (tertiary/aromatic N) is 2. The van der Waals surface area contributed by atoms with Crippen molar-refractivity contribution in [2.45, 2.75) is 10.9 Å². The maximum absolute atomic E-state index is 12.9. The Hall–Kier alpha value is -3.22. The van der Waals surface area contributed by atoms with Crippen molar-refractivity contribution in [3.63, 3.8) is 0 Å². The standard InChI is InChI=1S/C22H27N3O8S/c1-31-20-5-4-15(12-21(20)32-2)19(24-6-8-33-9-7-24)14-23-22(26)16-10-17(25(27)28)13-18(11-16)34(3,29)30/h4-5,10-13,19H,6-9,14H2,1-3H3,(H,23,26). The number of amides is 1. The smallest absolute Gasteiger partial charge is 0.271 e. The molecule has 11 nitrogen and oxygen atoms in total. The Morgan fingerprint density at radius 1 is 1.15 bits per heavy atom. The summed E-state index contributed by atoms with van der Waals surface area (Å²) >= 11 is 0. The lowest BCUT2D eigenvalue weighted by molar-refractivity contribution is -0.385. The van der Waals surface area contributed by atoms with Crippen molar-refractivity contribution >= 4 is 21.4 Å². The molecule has 12 heteroatoms. The number of nitro groups is 1. The second kappa shape index (κ2) is 10.8. The second-order valence-corrected chi connectivity index (χ2v) is 9.75. The molecule has 0 saturated carbocycles. The number of non-ortho nitro benzene ring substituents is 1. The zero-order valence-corrected chi connectivity index (χ0v) is 20.0. The molecule has 1 atom stereocenters. The molecule has 2 aromatic carbocycles. The monoisotopic (exact) mass is 493 g/mol. The van der Waals surface area contributed by atoms with E-state index >= 15 is 0 Å². The summed E-state index contributed by atoms with van der Waals surface area (Å²) < 4.78 is 40.1. The Bertz CT molecular complexity index is 1160. The molecule has 0 aromatic heterocycles. The van der Waals surface area contributed by atoms with E-state index in [4.69, 9.17) is 14.2 Å². The van der Waals surface area contributed by atoms with Crippen LogP contribution in [0, 0.1) is 10.1 Å². The van der Waals surface area contributed by atoms with Gasteiger partial charge in [0.1, 0.15) is 0 Å². The highest BCUT2D eigenvalue weighted by atomic mass is 32.2. The van der Waals surface area contributed by atoms with Crippen molar-refractivity contribution in [2.24, 2.45) is 0 Å². The van der Waals surface area contributed by atoms with E-state index in [2.05, 4.69) is 10.2 Å². The van der Waals surface area contributed by atoms with Crippen LogP contribution >= 0.6 is 0 Å². The molecule has 184 valence electrons. The number of benzene rings is 2. The van der Waals surface area contributed by atoms with Crippen molar-refractivity contribution < 1.29 is 32.3 Å². The normalized spacial score (nSPS) is 15.4. The fourth-order valence-corrected chi connectivity index (χ4v) is 4.41. The Kier molecular flexibility index (Phi) is 8.07. The van der Waals surface area contributed by atoms with E-state index in [1.165, 1.54) is 7.11 Å². The zero-order chi connectivity index (χ0) is 24.9. The number of carbonyl (C=O) groups excluding carboxylic acids is 1. The summed E-state index contributed by atoms with van der Waals surface area (Å²) in [6, 6.07) is 8.38. The van der Waals surface area contributed by atoms with Gasteiger partial charge in [-0.15, -0.1) is 0 Å². The predicted octanol–water partition coefficient (Wildman–Crippen LogP) is 1.82. The van der Waals surface area contributed by atoms with Gasteiger partial charge in [-0.05, 0) is 23.8 Å². The molecule has 1 fully saturated rings. The number of rotatable bonds is 9. The minimum absolute atomic E-state index is 0.109. The van der Waals surface area contributed by atoms with Crippen LogP contribution in [0.15, 0.2) is 41.3 Å². The Morgan fingerprint density at radius 2 is 1.82 bits per heavy atom. The van der Waals surface area contributed by atoms with Crippen LogP contribution in [-0.2, 0) is 14.6 Å². The van der Waals surface area contributed by atoms with Gasteiger partial charge in [0.25, 0.3) is 11.6 Å². The van der Waals surface area contributed by atoms with E-state index in [9.17, 15) is 23.3 Å². The largest absolute Gasteiger partial charge is 0.493 e. The molecule has 0 radical (unpaired) electrons. The summed E-state index contributed by atoms with van der Waals surface area (Å²) in [5, 5.41) is 14.1. The van der Waals surface area contributed by atoms with Crippen molar-refractivity contribution in [1.82, 2.24) is 10.2 Å².